The Kier molecular flexibility index (Phi) is 2.59. The molecule has 1 rings (SSSR count). The number of pyridine rings is 1. The predicted molar refractivity (Wildman–Crippen MR) is 39.4 cm³/mol. The van der Waals surface area contributed by atoms with Crippen LogP contribution in [0.2, 0.25) is 0 Å². The molecule has 1 heterocycles. The Labute approximate surface area is 65.3 Å². The Morgan fingerprint density at radius 2 is 2.45 bits per heavy atom. The largest absolute Gasteiger partial charge is 0.372 e. The van der Waals surface area contributed by atoms with E-state index in [-0.39, 0.29) is 0 Å². The van der Waals surface area contributed by atoms with Gasteiger partial charge in [0.05, 0.1) is 11.3 Å². The number of hydrogen-bond acceptors (Lipinski definition) is 3. The maximum atomic E-state index is 8.43. The lowest BCUT2D eigenvalue weighted by Gasteiger charge is -1.95. The van der Waals surface area contributed by atoms with Gasteiger partial charge in [-0.1, -0.05) is 0 Å². The van der Waals surface area contributed by atoms with E-state index in [2.05, 4.69) is 4.98 Å². The Morgan fingerprint density at radius 1 is 1.64 bits per heavy atom. The smallest absolute Gasteiger partial charge is 0.131 e. The van der Waals surface area contributed by atoms with Gasteiger partial charge < -0.3 is 4.74 Å². The fourth-order valence-corrected chi connectivity index (χ4v) is 0.662. The molecule has 0 bridgehead atoms. The van der Waals surface area contributed by atoms with Crippen LogP contribution in [0.1, 0.15) is 11.3 Å². The summed E-state index contributed by atoms with van der Waals surface area (Å²) in [6.07, 6.45) is 1.50. The molecule has 55 valence electrons. The average molecular weight is 147 g/mol. The van der Waals surface area contributed by atoms with Crippen LogP contribution in [-0.4, -0.2) is 12.1 Å². The predicted octanol–water partition coefficient (Wildman–Crippen LogP) is 1.11. The van der Waals surface area contributed by atoms with Gasteiger partial charge in [0.2, 0.25) is 0 Å². The Morgan fingerprint density at radius 3 is 2.91 bits per heavy atom. The first kappa shape index (κ1) is 7.70. The zero-order valence-corrected chi connectivity index (χ0v) is 6.11. The van der Waals surface area contributed by atoms with Crippen molar-refractivity contribution in [3.8, 4) is 6.07 Å². The fraction of sp³-hybridized carbons (Fsp3) is 0.125. The molecule has 0 fully saturated rings. The third-order valence-electron chi connectivity index (χ3n) is 1.15. The molecule has 0 saturated carbocycles. The molecule has 3 heteroatoms. The summed E-state index contributed by atoms with van der Waals surface area (Å²) in [6.45, 7) is 1.52. The zero-order valence-electron chi connectivity index (χ0n) is 6.11. The van der Waals surface area contributed by atoms with Gasteiger partial charge in [-0.2, -0.15) is 5.26 Å². The summed E-state index contributed by atoms with van der Waals surface area (Å²) in [5.74, 6) is 0. The second-order valence-corrected chi connectivity index (χ2v) is 1.94. The number of nitrogens with zero attached hydrogens (tertiary/aromatic N) is 2. The monoisotopic (exact) mass is 147 g/mol. The molecule has 1 radical (unpaired) electrons. The molecule has 0 saturated heterocycles. The van der Waals surface area contributed by atoms with Crippen LogP contribution >= 0.6 is 0 Å². The molecule has 0 spiro atoms. The number of hydrogen-bond donors (Lipinski definition) is 0. The number of nitriles is 1. The minimum atomic E-state index is 0.554. The summed E-state index contributed by atoms with van der Waals surface area (Å²) >= 11 is 0. The molecule has 0 aliphatic heterocycles. The summed E-state index contributed by atoms with van der Waals surface area (Å²) in [4.78, 5) is 3.94. The van der Waals surface area contributed by atoms with Crippen molar-refractivity contribution in [3.05, 3.63) is 36.2 Å². The van der Waals surface area contributed by atoms with Crippen molar-refractivity contribution in [1.82, 2.24) is 4.98 Å². The van der Waals surface area contributed by atoms with Gasteiger partial charge in [-0.15, -0.1) is 0 Å². The van der Waals surface area contributed by atoms with Crippen LogP contribution in [0.4, 0.5) is 0 Å². The average Bonchev–Trinajstić information content (AvgIpc) is 2.07. The lowest BCUT2D eigenvalue weighted by Crippen LogP contribution is -1.88. The second-order valence-electron chi connectivity index (χ2n) is 1.94. The van der Waals surface area contributed by atoms with Crippen molar-refractivity contribution in [1.29, 1.82) is 5.26 Å². The Hall–Kier alpha value is -1.40. The van der Waals surface area contributed by atoms with Crippen molar-refractivity contribution in [3.63, 3.8) is 0 Å². The van der Waals surface area contributed by atoms with Crippen LogP contribution in [0.25, 0.3) is 0 Å². The van der Waals surface area contributed by atoms with Crippen LogP contribution in [-0.2, 0) is 4.74 Å². The van der Waals surface area contributed by atoms with Gasteiger partial charge in [0.1, 0.15) is 12.7 Å². The van der Waals surface area contributed by atoms with E-state index in [1.807, 2.05) is 6.07 Å². The third-order valence-corrected chi connectivity index (χ3v) is 1.15. The van der Waals surface area contributed by atoms with Crippen molar-refractivity contribution in [2.24, 2.45) is 0 Å². The number of aromatic nitrogens is 1. The van der Waals surface area contributed by atoms with Crippen LogP contribution in [0, 0.1) is 17.9 Å². The third kappa shape index (κ3) is 2.03. The summed E-state index contributed by atoms with van der Waals surface area (Å²) < 4.78 is 4.73. The van der Waals surface area contributed by atoms with Gasteiger partial charge in [0.15, 0.2) is 0 Å². The van der Waals surface area contributed by atoms with Crippen molar-refractivity contribution in [2.45, 2.75) is 0 Å². The molecule has 1 aromatic rings. The quantitative estimate of drug-likeness (QED) is 0.629. The highest BCUT2D eigenvalue weighted by Crippen LogP contribution is 2.00. The molecule has 0 aliphatic carbocycles. The van der Waals surface area contributed by atoms with E-state index < -0.39 is 0 Å². The molecule has 3 nitrogen and oxygen atoms in total. The van der Waals surface area contributed by atoms with E-state index in [0.29, 0.717) is 11.3 Å². The molecule has 0 N–H and O–H groups in total. The van der Waals surface area contributed by atoms with Gasteiger partial charge in [0.25, 0.3) is 0 Å². The van der Waals surface area contributed by atoms with Crippen LogP contribution in [0.15, 0.2) is 18.3 Å². The van der Waals surface area contributed by atoms with Gasteiger partial charge in [-0.25, -0.2) is 0 Å². The van der Waals surface area contributed by atoms with E-state index in [1.54, 1.807) is 19.2 Å². The molecule has 0 unspecified atom stereocenters. The maximum absolute atomic E-state index is 8.43. The highest BCUT2D eigenvalue weighted by Gasteiger charge is 1.93. The Balaban J connectivity index is 2.76. The second kappa shape index (κ2) is 3.69. The molecular weight excluding hydrogens is 140 g/mol. The molecule has 1 aromatic heterocycles. The Bertz CT molecular complexity index is 260. The minimum Gasteiger partial charge on any atom is -0.372 e. The standard InChI is InChI=1S/C8H7N2O/c1-11-6-8-3-2-7(4-9)5-10-8/h2-3,5-6H,1H3. The van der Waals surface area contributed by atoms with Gasteiger partial charge >= 0.3 is 0 Å². The van der Waals surface area contributed by atoms with Gasteiger partial charge in [-0.3, -0.25) is 4.98 Å². The number of methoxy groups -OCH3 is 1. The molecule has 0 atom stereocenters. The summed E-state index contributed by atoms with van der Waals surface area (Å²) in [5, 5.41) is 8.43. The van der Waals surface area contributed by atoms with Crippen LogP contribution in [0.5, 0.6) is 0 Å². The lowest BCUT2D eigenvalue weighted by atomic mass is 10.3. The number of rotatable bonds is 2. The van der Waals surface area contributed by atoms with E-state index in [1.165, 1.54) is 12.8 Å². The molecule has 11 heavy (non-hydrogen) atoms. The van der Waals surface area contributed by atoms with Crippen molar-refractivity contribution < 1.29 is 4.74 Å². The highest BCUT2D eigenvalue weighted by atomic mass is 16.5. The van der Waals surface area contributed by atoms with Gasteiger partial charge in [-0.05, 0) is 12.1 Å². The van der Waals surface area contributed by atoms with Crippen LogP contribution < -0.4 is 0 Å². The first-order valence-corrected chi connectivity index (χ1v) is 3.09. The first-order valence-electron chi connectivity index (χ1n) is 3.09. The van der Waals surface area contributed by atoms with Gasteiger partial charge in [0, 0.05) is 13.3 Å². The van der Waals surface area contributed by atoms with Crippen LogP contribution in [0.3, 0.4) is 0 Å². The molecular formula is C8H7N2O. The SMILES string of the molecule is CO[CH]c1ccc(C#N)cn1. The van der Waals surface area contributed by atoms with Crippen molar-refractivity contribution in [2.75, 3.05) is 7.11 Å². The topological polar surface area (TPSA) is 45.9 Å². The fourth-order valence-electron chi connectivity index (χ4n) is 0.662. The lowest BCUT2D eigenvalue weighted by molar-refractivity contribution is 0.290. The minimum absolute atomic E-state index is 0.554. The molecule has 0 aromatic carbocycles. The number of ether oxygens (including phenoxy) is 1. The van der Waals surface area contributed by atoms with E-state index >= 15 is 0 Å². The summed E-state index contributed by atoms with van der Waals surface area (Å²) in [5.41, 5.74) is 1.27. The van der Waals surface area contributed by atoms with E-state index in [9.17, 15) is 0 Å². The first-order chi connectivity index (χ1) is 5.36. The summed E-state index contributed by atoms with van der Waals surface area (Å²) in [6, 6.07) is 5.40. The maximum Gasteiger partial charge on any atom is 0.131 e. The molecule has 0 aliphatic rings. The van der Waals surface area contributed by atoms with Crippen molar-refractivity contribution >= 4 is 0 Å². The normalized spacial score (nSPS) is 9.09. The molecule has 0 amide bonds. The highest BCUT2D eigenvalue weighted by molar-refractivity contribution is 5.27. The van der Waals surface area contributed by atoms with E-state index in [0.717, 1.165) is 0 Å². The van der Waals surface area contributed by atoms with E-state index in [4.69, 9.17) is 10.00 Å². The zero-order chi connectivity index (χ0) is 8.10. The summed E-state index contributed by atoms with van der Waals surface area (Å²) in [7, 11) is 1.56.